The van der Waals surface area contributed by atoms with Crippen molar-refractivity contribution < 1.29 is 9.50 Å². The number of pyridine rings is 1. The lowest BCUT2D eigenvalue weighted by Gasteiger charge is -2.22. The molecular weight excluding hydrogens is 369 g/mol. The van der Waals surface area contributed by atoms with Gasteiger partial charge in [0.05, 0.1) is 12.1 Å². The minimum Gasteiger partial charge on any atom is -0.394 e. The van der Waals surface area contributed by atoms with E-state index in [1.54, 1.807) is 25.1 Å². The predicted molar refractivity (Wildman–Crippen MR) is 116 cm³/mol. The third-order valence-electron chi connectivity index (χ3n) is 5.72. The third kappa shape index (κ3) is 5.75. The molecule has 6 heteroatoms. The van der Waals surface area contributed by atoms with E-state index < -0.39 is 5.54 Å². The van der Waals surface area contributed by atoms with Crippen LogP contribution in [-0.2, 0) is 5.54 Å². The first-order valence-corrected chi connectivity index (χ1v) is 9.84. The minimum absolute atomic E-state index is 0. The van der Waals surface area contributed by atoms with E-state index >= 15 is 0 Å². The van der Waals surface area contributed by atoms with E-state index in [0.29, 0.717) is 16.8 Å². The summed E-state index contributed by atoms with van der Waals surface area (Å²) in [7, 11) is 0. The number of aromatic amines is 1. The standard InChI is InChI=1S/C14H15FN2O2.C8H15N.CH4/c1-14(16,8-18)10-6-12(17-13(19)7-10)9-2-4-11(15)5-3-9;1-6(2)9-4-7-3-8(7)5-9;/h2-7,18H,8,16H2,1H3,(H,17,19);6-8H,3-5H2,1-2H3;1H4. The van der Waals surface area contributed by atoms with Gasteiger partial charge in [-0.15, -0.1) is 0 Å². The van der Waals surface area contributed by atoms with E-state index in [0.717, 1.165) is 17.9 Å². The van der Waals surface area contributed by atoms with Gasteiger partial charge in [0.25, 0.3) is 0 Å². The average molecular weight is 404 g/mol. The van der Waals surface area contributed by atoms with Crippen molar-refractivity contribution in [1.82, 2.24) is 9.88 Å². The molecule has 3 unspecified atom stereocenters. The highest BCUT2D eigenvalue weighted by Gasteiger charge is 2.45. The first kappa shape index (κ1) is 23.3. The zero-order valence-corrected chi connectivity index (χ0v) is 16.8. The molecule has 1 saturated heterocycles. The minimum atomic E-state index is -0.997. The predicted octanol–water partition coefficient (Wildman–Crippen LogP) is 3.33. The number of aliphatic hydroxyl groups excluding tert-OH is 1. The van der Waals surface area contributed by atoms with E-state index in [4.69, 9.17) is 5.73 Å². The summed E-state index contributed by atoms with van der Waals surface area (Å²) < 4.78 is 12.9. The molecule has 2 heterocycles. The Kier molecular flexibility index (Phi) is 7.38. The summed E-state index contributed by atoms with van der Waals surface area (Å²) in [6, 6.07) is 9.59. The summed E-state index contributed by atoms with van der Waals surface area (Å²) in [5.41, 5.74) is 6.34. The molecule has 5 nitrogen and oxygen atoms in total. The normalized spacial score (nSPS) is 22.2. The topological polar surface area (TPSA) is 82.3 Å². The van der Waals surface area contributed by atoms with Crippen LogP contribution in [0.25, 0.3) is 11.3 Å². The van der Waals surface area contributed by atoms with Crippen LogP contribution in [-0.4, -0.2) is 40.7 Å². The SMILES string of the molecule is C.CC(C)N1CC2CC2C1.CC(N)(CO)c1cc(-c2ccc(F)cc2)[nH]c(=O)c1. The molecule has 1 aromatic carbocycles. The lowest BCUT2D eigenvalue weighted by atomic mass is 9.93. The van der Waals surface area contributed by atoms with Gasteiger partial charge >= 0.3 is 0 Å². The number of hydrogen-bond donors (Lipinski definition) is 3. The zero-order chi connectivity index (χ0) is 20.5. The van der Waals surface area contributed by atoms with E-state index in [1.807, 2.05) is 0 Å². The van der Waals surface area contributed by atoms with Gasteiger partial charge in [-0.25, -0.2) is 4.39 Å². The van der Waals surface area contributed by atoms with E-state index in [-0.39, 0.29) is 25.4 Å². The fourth-order valence-corrected chi connectivity index (χ4v) is 3.61. The van der Waals surface area contributed by atoms with Crippen molar-refractivity contribution in [3.63, 3.8) is 0 Å². The fourth-order valence-electron chi connectivity index (χ4n) is 3.61. The monoisotopic (exact) mass is 403 g/mol. The van der Waals surface area contributed by atoms with Gasteiger partial charge < -0.3 is 20.7 Å². The largest absolute Gasteiger partial charge is 0.394 e. The first-order valence-electron chi connectivity index (χ1n) is 9.84. The number of benzene rings is 1. The Morgan fingerprint density at radius 3 is 2.31 bits per heavy atom. The van der Waals surface area contributed by atoms with Crippen LogP contribution < -0.4 is 11.3 Å². The quantitative estimate of drug-likeness (QED) is 0.731. The van der Waals surface area contributed by atoms with E-state index in [1.165, 1.54) is 37.7 Å². The maximum absolute atomic E-state index is 12.9. The van der Waals surface area contributed by atoms with Gasteiger partial charge in [0.15, 0.2) is 0 Å². The number of nitrogens with two attached hydrogens (primary N) is 1. The Morgan fingerprint density at radius 1 is 1.24 bits per heavy atom. The van der Waals surface area contributed by atoms with Gasteiger partial charge in [-0.3, -0.25) is 4.79 Å². The van der Waals surface area contributed by atoms with Gasteiger partial charge in [0.2, 0.25) is 5.56 Å². The van der Waals surface area contributed by atoms with Crippen molar-refractivity contribution >= 4 is 0 Å². The second-order valence-electron chi connectivity index (χ2n) is 8.53. The molecule has 4 N–H and O–H groups in total. The highest BCUT2D eigenvalue weighted by Crippen LogP contribution is 2.45. The summed E-state index contributed by atoms with van der Waals surface area (Å²) in [6.45, 7) is 8.73. The third-order valence-corrected chi connectivity index (χ3v) is 5.72. The number of rotatable bonds is 4. The van der Waals surface area contributed by atoms with Crippen LogP contribution in [0, 0.1) is 17.7 Å². The zero-order valence-electron chi connectivity index (χ0n) is 16.8. The van der Waals surface area contributed by atoms with Crippen molar-refractivity contribution in [2.24, 2.45) is 17.6 Å². The molecule has 2 aromatic rings. The number of H-pyrrole nitrogens is 1. The number of fused-ring (bicyclic) bond motifs is 1. The Hall–Kier alpha value is -2.02. The van der Waals surface area contributed by atoms with Crippen LogP contribution in [0.2, 0.25) is 0 Å². The maximum Gasteiger partial charge on any atom is 0.248 e. The van der Waals surface area contributed by atoms with Crippen LogP contribution in [0.1, 0.15) is 40.2 Å². The molecule has 0 radical (unpaired) electrons. The molecule has 29 heavy (non-hydrogen) atoms. The number of halogens is 1. The lowest BCUT2D eigenvalue weighted by molar-refractivity contribution is 0.210. The van der Waals surface area contributed by atoms with Crippen LogP contribution in [0.3, 0.4) is 0 Å². The van der Waals surface area contributed by atoms with Crippen molar-refractivity contribution in [2.75, 3.05) is 19.7 Å². The molecular formula is C23H34FN3O2. The summed E-state index contributed by atoms with van der Waals surface area (Å²) in [6.07, 6.45) is 1.53. The Bertz CT molecular complexity index is 851. The van der Waals surface area contributed by atoms with Gasteiger partial charge in [-0.05, 0) is 80.5 Å². The van der Waals surface area contributed by atoms with Crippen LogP contribution in [0.4, 0.5) is 4.39 Å². The number of aromatic nitrogens is 1. The molecule has 160 valence electrons. The molecule has 1 aromatic heterocycles. The lowest BCUT2D eigenvalue weighted by Crippen LogP contribution is -2.38. The van der Waals surface area contributed by atoms with E-state index in [9.17, 15) is 14.3 Å². The molecule has 2 fully saturated rings. The van der Waals surface area contributed by atoms with Crippen LogP contribution in [0.5, 0.6) is 0 Å². The molecule has 2 aliphatic rings. The van der Waals surface area contributed by atoms with Crippen LogP contribution in [0.15, 0.2) is 41.2 Å². The smallest absolute Gasteiger partial charge is 0.248 e. The average Bonchev–Trinajstić information content (AvgIpc) is 3.27. The molecule has 4 rings (SSSR count). The highest BCUT2D eigenvalue weighted by atomic mass is 19.1. The number of likely N-dealkylation sites (tertiary alicyclic amines) is 1. The van der Waals surface area contributed by atoms with Crippen molar-refractivity contribution in [1.29, 1.82) is 0 Å². The first-order chi connectivity index (χ1) is 13.2. The van der Waals surface area contributed by atoms with Crippen molar-refractivity contribution in [2.45, 2.75) is 46.2 Å². The number of nitrogens with zero attached hydrogens (tertiary/aromatic N) is 1. The molecule has 0 spiro atoms. The molecule has 1 aliphatic heterocycles. The van der Waals surface area contributed by atoms with Crippen molar-refractivity contribution in [3.8, 4) is 11.3 Å². The number of piperidine rings is 1. The van der Waals surface area contributed by atoms with E-state index in [2.05, 4.69) is 23.7 Å². The van der Waals surface area contributed by atoms with Gasteiger partial charge in [0.1, 0.15) is 5.82 Å². The molecule has 0 amide bonds. The summed E-state index contributed by atoms with van der Waals surface area (Å²) in [5, 5.41) is 9.25. The summed E-state index contributed by atoms with van der Waals surface area (Å²) in [5.74, 6) is 1.86. The maximum atomic E-state index is 12.9. The summed E-state index contributed by atoms with van der Waals surface area (Å²) in [4.78, 5) is 16.9. The Labute approximate surface area is 172 Å². The van der Waals surface area contributed by atoms with Gasteiger partial charge in [0, 0.05) is 30.9 Å². The van der Waals surface area contributed by atoms with Gasteiger partial charge in [-0.1, -0.05) is 7.43 Å². The second kappa shape index (κ2) is 9.20. The molecule has 1 saturated carbocycles. The second-order valence-corrected chi connectivity index (χ2v) is 8.53. The van der Waals surface area contributed by atoms with Crippen molar-refractivity contribution in [3.05, 3.63) is 58.1 Å². The molecule has 1 aliphatic carbocycles. The summed E-state index contributed by atoms with van der Waals surface area (Å²) >= 11 is 0. The fraction of sp³-hybridized carbons (Fsp3) is 0.522. The number of nitrogens with one attached hydrogen (secondary N) is 1. The molecule has 3 atom stereocenters. The Morgan fingerprint density at radius 2 is 1.83 bits per heavy atom. The number of hydrogen-bond acceptors (Lipinski definition) is 4. The van der Waals surface area contributed by atoms with Gasteiger partial charge in [-0.2, -0.15) is 0 Å². The highest BCUT2D eigenvalue weighted by molar-refractivity contribution is 5.59. The number of aliphatic hydroxyl groups is 1. The van der Waals surface area contributed by atoms with Crippen LogP contribution >= 0.6 is 0 Å². The molecule has 0 bridgehead atoms. The Balaban J connectivity index is 0.000000250.